The van der Waals surface area contributed by atoms with E-state index in [0.29, 0.717) is 6.61 Å². The van der Waals surface area contributed by atoms with E-state index in [1.807, 2.05) is 0 Å². The van der Waals surface area contributed by atoms with E-state index in [1.54, 1.807) is 0 Å². The lowest BCUT2D eigenvalue weighted by molar-refractivity contribution is 0.287. The Bertz CT molecular complexity index is 120. The van der Waals surface area contributed by atoms with Gasteiger partial charge in [-0.3, -0.25) is 5.43 Å². The van der Waals surface area contributed by atoms with Crippen molar-refractivity contribution in [1.82, 2.24) is 5.43 Å². The fraction of sp³-hybridized carbons (Fsp3) is 0.875. The Morgan fingerprint density at radius 2 is 2.00 bits per heavy atom. The van der Waals surface area contributed by atoms with Crippen molar-refractivity contribution >= 4 is 17.4 Å². The van der Waals surface area contributed by atoms with E-state index < -0.39 is 0 Å². The lowest BCUT2D eigenvalue weighted by Gasteiger charge is -2.05. The zero-order valence-corrected chi connectivity index (χ0v) is 8.45. The Labute approximate surface area is 79.6 Å². The molecule has 0 unspecified atom stereocenters. The molecule has 72 valence electrons. The van der Waals surface area contributed by atoms with Crippen molar-refractivity contribution in [3.05, 3.63) is 0 Å². The third kappa shape index (κ3) is 7.75. The highest BCUT2D eigenvalue weighted by atomic mass is 32.1. The second-order valence-corrected chi connectivity index (χ2v) is 3.07. The SMILES string of the molecule is CCCCCCCOC(=S)NN. The first kappa shape index (κ1) is 11.6. The summed E-state index contributed by atoms with van der Waals surface area (Å²) in [5.41, 5.74) is 2.28. The van der Waals surface area contributed by atoms with Crippen molar-refractivity contribution in [2.45, 2.75) is 39.0 Å². The summed E-state index contributed by atoms with van der Waals surface area (Å²) < 4.78 is 5.07. The molecule has 0 spiro atoms. The standard InChI is InChI=1S/C8H18N2OS/c1-2-3-4-5-6-7-11-8(12)10-9/h2-7,9H2,1H3,(H,10,12). The predicted octanol–water partition coefficient (Wildman–Crippen LogP) is 1.72. The van der Waals surface area contributed by atoms with E-state index >= 15 is 0 Å². The normalized spacial score (nSPS) is 9.50. The van der Waals surface area contributed by atoms with Crippen molar-refractivity contribution in [3.63, 3.8) is 0 Å². The van der Waals surface area contributed by atoms with Gasteiger partial charge in [-0.15, -0.1) is 0 Å². The van der Waals surface area contributed by atoms with Gasteiger partial charge in [0.2, 0.25) is 0 Å². The minimum absolute atomic E-state index is 0.283. The van der Waals surface area contributed by atoms with E-state index in [9.17, 15) is 0 Å². The van der Waals surface area contributed by atoms with E-state index in [-0.39, 0.29) is 5.17 Å². The smallest absolute Gasteiger partial charge is 0.271 e. The highest BCUT2D eigenvalue weighted by Crippen LogP contribution is 2.02. The second-order valence-electron chi connectivity index (χ2n) is 2.69. The summed E-state index contributed by atoms with van der Waals surface area (Å²) in [6, 6.07) is 0. The van der Waals surface area contributed by atoms with Crippen LogP contribution < -0.4 is 11.3 Å². The molecule has 4 heteroatoms. The van der Waals surface area contributed by atoms with Crippen LogP contribution in [0.3, 0.4) is 0 Å². The Kier molecular flexibility index (Phi) is 8.49. The lowest BCUT2D eigenvalue weighted by Crippen LogP contribution is -2.30. The van der Waals surface area contributed by atoms with E-state index in [2.05, 4.69) is 12.3 Å². The van der Waals surface area contributed by atoms with Crippen LogP contribution in [0.1, 0.15) is 39.0 Å². The van der Waals surface area contributed by atoms with Crippen LogP contribution >= 0.6 is 12.2 Å². The molecule has 0 aromatic rings. The van der Waals surface area contributed by atoms with E-state index in [0.717, 1.165) is 6.42 Å². The summed E-state index contributed by atoms with van der Waals surface area (Å²) >= 11 is 4.70. The van der Waals surface area contributed by atoms with Crippen LogP contribution in [0.25, 0.3) is 0 Å². The minimum Gasteiger partial charge on any atom is -0.470 e. The van der Waals surface area contributed by atoms with Gasteiger partial charge in [-0.25, -0.2) is 5.84 Å². The Hall–Kier alpha value is -0.350. The van der Waals surface area contributed by atoms with Gasteiger partial charge < -0.3 is 4.74 Å². The molecular weight excluding hydrogens is 172 g/mol. The van der Waals surface area contributed by atoms with Gasteiger partial charge in [0.1, 0.15) is 0 Å². The summed E-state index contributed by atoms with van der Waals surface area (Å²) in [6.07, 6.45) is 6.12. The summed E-state index contributed by atoms with van der Waals surface area (Å²) in [5, 5.41) is 0.283. The van der Waals surface area contributed by atoms with Crippen molar-refractivity contribution in [2.24, 2.45) is 5.84 Å². The van der Waals surface area contributed by atoms with Gasteiger partial charge in [0.05, 0.1) is 6.61 Å². The van der Waals surface area contributed by atoms with Crippen molar-refractivity contribution in [2.75, 3.05) is 6.61 Å². The molecule has 0 aliphatic carbocycles. The van der Waals surface area contributed by atoms with Crippen molar-refractivity contribution in [3.8, 4) is 0 Å². The fourth-order valence-electron chi connectivity index (χ4n) is 0.912. The molecule has 0 aliphatic heterocycles. The molecule has 0 radical (unpaired) electrons. The molecule has 3 N–H and O–H groups in total. The van der Waals surface area contributed by atoms with Crippen molar-refractivity contribution in [1.29, 1.82) is 0 Å². The van der Waals surface area contributed by atoms with Gasteiger partial charge in [0.15, 0.2) is 0 Å². The molecule has 0 aliphatic rings. The number of rotatable bonds is 6. The van der Waals surface area contributed by atoms with Crippen molar-refractivity contribution < 1.29 is 4.74 Å². The summed E-state index contributed by atoms with van der Waals surface area (Å²) in [7, 11) is 0. The largest absolute Gasteiger partial charge is 0.470 e. The van der Waals surface area contributed by atoms with Crippen LogP contribution in [-0.4, -0.2) is 11.8 Å². The molecule has 0 bridgehead atoms. The molecule has 0 saturated heterocycles. The number of ether oxygens (including phenoxy) is 1. The molecule has 0 aromatic carbocycles. The third-order valence-corrected chi connectivity index (χ3v) is 1.83. The molecule has 0 saturated carbocycles. The molecule has 12 heavy (non-hydrogen) atoms. The molecule has 0 heterocycles. The topological polar surface area (TPSA) is 47.3 Å². The van der Waals surface area contributed by atoms with Crippen LogP contribution in [0.5, 0.6) is 0 Å². The second kappa shape index (κ2) is 8.74. The van der Waals surface area contributed by atoms with Crippen LogP contribution in [0, 0.1) is 0 Å². The molecule has 0 amide bonds. The maximum absolute atomic E-state index is 5.07. The number of unbranched alkanes of at least 4 members (excludes halogenated alkanes) is 4. The lowest BCUT2D eigenvalue weighted by atomic mass is 10.2. The van der Waals surface area contributed by atoms with Gasteiger partial charge in [-0.2, -0.15) is 0 Å². The highest BCUT2D eigenvalue weighted by molar-refractivity contribution is 7.80. The average molecular weight is 190 g/mol. The first-order valence-electron chi connectivity index (χ1n) is 4.44. The third-order valence-electron chi connectivity index (χ3n) is 1.60. The monoisotopic (exact) mass is 190 g/mol. The van der Waals surface area contributed by atoms with Gasteiger partial charge in [-0.05, 0) is 18.6 Å². The maximum Gasteiger partial charge on any atom is 0.271 e. The average Bonchev–Trinajstić information content (AvgIpc) is 2.10. The Balaban J connectivity index is 2.95. The first-order chi connectivity index (χ1) is 5.81. The number of hydrazine groups is 1. The van der Waals surface area contributed by atoms with Crippen LogP contribution in [-0.2, 0) is 4.74 Å². The van der Waals surface area contributed by atoms with Gasteiger partial charge in [0, 0.05) is 0 Å². The van der Waals surface area contributed by atoms with Crippen LogP contribution in [0.2, 0.25) is 0 Å². The highest BCUT2D eigenvalue weighted by Gasteiger charge is 1.92. The summed E-state index contributed by atoms with van der Waals surface area (Å²) in [6.45, 7) is 2.87. The van der Waals surface area contributed by atoms with Crippen LogP contribution in [0.4, 0.5) is 0 Å². The van der Waals surface area contributed by atoms with Gasteiger partial charge in [0.25, 0.3) is 5.17 Å². The molecule has 0 aromatic heterocycles. The summed E-state index contributed by atoms with van der Waals surface area (Å²) in [4.78, 5) is 0. The zero-order valence-electron chi connectivity index (χ0n) is 7.64. The molecule has 0 rings (SSSR count). The minimum atomic E-state index is 0.283. The number of nitrogens with one attached hydrogen (secondary N) is 1. The van der Waals surface area contributed by atoms with E-state index in [4.69, 9.17) is 22.8 Å². The summed E-state index contributed by atoms with van der Waals surface area (Å²) in [5.74, 6) is 5.02. The van der Waals surface area contributed by atoms with Gasteiger partial charge in [-0.1, -0.05) is 32.6 Å². The quantitative estimate of drug-likeness (QED) is 0.290. The number of hydrogen-bond donors (Lipinski definition) is 2. The number of nitrogens with two attached hydrogens (primary N) is 1. The molecular formula is C8H18N2OS. The Morgan fingerprint density at radius 3 is 2.58 bits per heavy atom. The van der Waals surface area contributed by atoms with Gasteiger partial charge >= 0.3 is 0 Å². The van der Waals surface area contributed by atoms with Crippen LogP contribution in [0.15, 0.2) is 0 Å². The molecule has 0 atom stereocenters. The molecule has 3 nitrogen and oxygen atoms in total. The predicted molar refractivity (Wildman–Crippen MR) is 54.6 cm³/mol. The Morgan fingerprint density at radius 1 is 1.33 bits per heavy atom. The number of thiocarbonyl (C=S) groups is 1. The zero-order chi connectivity index (χ0) is 9.23. The first-order valence-corrected chi connectivity index (χ1v) is 4.85. The number of hydrogen-bond acceptors (Lipinski definition) is 3. The van der Waals surface area contributed by atoms with E-state index in [1.165, 1.54) is 25.7 Å². The fourth-order valence-corrected chi connectivity index (χ4v) is 0.995. The molecule has 0 fully saturated rings. The maximum atomic E-state index is 5.07.